The molecule has 0 aliphatic heterocycles. The highest BCUT2D eigenvalue weighted by Crippen LogP contribution is 2.20. The van der Waals surface area contributed by atoms with Gasteiger partial charge in [0.25, 0.3) is 0 Å². The molecule has 0 saturated carbocycles. The van der Waals surface area contributed by atoms with Crippen LogP contribution in [0.1, 0.15) is 17.3 Å². The lowest BCUT2D eigenvalue weighted by Gasteiger charge is -2.07. The molecule has 6 nitrogen and oxygen atoms in total. The molecule has 0 saturated heterocycles. The van der Waals surface area contributed by atoms with E-state index in [2.05, 4.69) is 8.92 Å². The van der Waals surface area contributed by atoms with Crippen molar-refractivity contribution in [1.29, 1.82) is 0 Å². The summed E-state index contributed by atoms with van der Waals surface area (Å²) in [4.78, 5) is 11.4. The van der Waals surface area contributed by atoms with Crippen LogP contribution in [0.25, 0.3) is 0 Å². The molecule has 0 aliphatic rings. The molecule has 88 valence electrons. The maximum atomic E-state index is 11.4. The van der Waals surface area contributed by atoms with Gasteiger partial charge < -0.3 is 8.92 Å². The van der Waals surface area contributed by atoms with Gasteiger partial charge >= 0.3 is 16.4 Å². The van der Waals surface area contributed by atoms with Crippen LogP contribution in [0, 0.1) is 0 Å². The second-order valence-corrected chi connectivity index (χ2v) is 3.75. The summed E-state index contributed by atoms with van der Waals surface area (Å²) in [7, 11) is -4.66. The van der Waals surface area contributed by atoms with E-state index in [-0.39, 0.29) is 17.9 Å². The Morgan fingerprint density at radius 1 is 1.38 bits per heavy atom. The van der Waals surface area contributed by atoms with Gasteiger partial charge in [-0.25, -0.2) is 4.79 Å². The summed E-state index contributed by atoms with van der Waals surface area (Å²) in [6.07, 6.45) is 0. The van der Waals surface area contributed by atoms with Crippen molar-refractivity contribution in [2.45, 2.75) is 6.92 Å². The molecule has 1 N–H and O–H groups in total. The highest BCUT2D eigenvalue weighted by molar-refractivity contribution is 7.81. The molecule has 7 heteroatoms. The third kappa shape index (κ3) is 3.52. The number of ether oxygens (including phenoxy) is 1. The van der Waals surface area contributed by atoms with E-state index in [1.807, 2.05) is 0 Å². The molecule has 1 aromatic rings. The number of para-hydroxylation sites is 1. The molecule has 0 heterocycles. The van der Waals surface area contributed by atoms with Crippen LogP contribution in [-0.2, 0) is 15.1 Å². The molecule has 0 amide bonds. The van der Waals surface area contributed by atoms with Crippen LogP contribution in [0.15, 0.2) is 24.3 Å². The normalized spacial score (nSPS) is 10.9. The first-order chi connectivity index (χ1) is 7.44. The summed E-state index contributed by atoms with van der Waals surface area (Å²) in [5.74, 6) is -0.995. The van der Waals surface area contributed by atoms with Gasteiger partial charge in [-0.3, -0.25) is 4.55 Å². The van der Waals surface area contributed by atoms with Crippen LogP contribution < -0.4 is 4.18 Å². The third-order valence-electron chi connectivity index (χ3n) is 1.58. The van der Waals surface area contributed by atoms with Gasteiger partial charge in [-0.15, -0.1) is 0 Å². The van der Waals surface area contributed by atoms with Crippen LogP contribution >= 0.6 is 0 Å². The van der Waals surface area contributed by atoms with Crippen molar-refractivity contribution in [3.63, 3.8) is 0 Å². The third-order valence-corrected chi connectivity index (χ3v) is 1.97. The number of rotatable bonds is 4. The average Bonchev–Trinajstić information content (AvgIpc) is 2.16. The number of benzene rings is 1. The van der Waals surface area contributed by atoms with E-state index in [1.54, 1.807) is 6.92 Å². The zero-order valence-corrected chi connectivity index (χ0v) is 9.23. The average molecular weight is 246 g/mol. The fourth-order valence-corrected chi connectivity index (χ4v) is 1.40. The van der Waals surface area contributed by atoms with E-state index < -0.39 is 16.4 Å². The van der Waals surface area contributed by atoms with Crippen LogP contribution in [0.4, 0.5) is 0 Å². The predicted octanol–water partition coefficient (Wildman–Crippen LogP) is 1.04. The van der Waals surface area contributed by atoms with E-state index in [0.29, 0.717) is 0 Å². The van der Waals surface area contributed by atoms with Crippen molar-refractivity contribution >= 4 is 16.4 Å². The predicted molar refractivity (Wildman–Crippen MR) is 54.6 cm³/mol. The standard InChI is InChI=1S/C9H10O6S/c1-2-14-9(10)7-5-3-4-6-8(7)15-16(11,12)13/h3-6H,2H2,1H3,(H,11,12,13). The van der Waals surface area contributed by atoms with E-state index in [4.69, 9.17) is 4.55 Å². The highest BCUT2D eigenvalue weighted by Gasteiger charge is 2.17. The molecular formula is C9H10O6S. The van der Waals surface area contributed by atoms with E-state index in [1.165, 1.54) is 24.3 Å². The van der Waals surface area contributed by atoms with Crippen LogP contribution in [0.3, 0.4) is 0 Å². The molecule has 1 aromatic carbocycles. The highest BCUT2D eigenvalue weighted by atomic mass is 32.3. The van der Waals surface area contributed by atoms with Crippen molar-refractivity contribution in [2.24, 2.45) is 0 Å². The second kappa shape index (κ2) is 4.95. The molecule has 0 aromatic heterocycles. The van der Waals surface area contributed by atoms with E-state index >= 15 is 0 Å². The Kier molecular flexibility index (Phi) is 3.86. The fourth-order valence-electron chi connectivity index (χ4n) is 1.03. The lowest BCUT2D eigenvalue weighted by Crippen LogP contribution is -2.12. The Bertz CT molecular complexity index is 479. The van der Waals surface area contributed by atoms with Crippen molar-refractivity contribution in [3.8, 4) is 5.75 Å². The zero-order valence-electron chi connectivity index (χ0n) is 8.41. The lowest BCUT2D eigenvalue weighted by molar-refractivity contribution is 0.0524. The number of hydrogen-bond acceptors (Lipinski definition) is 5. The number of carbonyl (C=O) groups is 1. The van der Waals surface area contributed by atoms with Gasteiger partial charge in [0, 0.05) is 0 Å². The Morgan fingerprint density at radius 3 is 2.56 bits per heavy atom. The second-order valence-electron chi connectivity index (χ2n) is 2.73. The molecule has 0 unspecified atom stereocenters. The van der Waals surface area contributed by atoms with Gasteiger partial charge in [0.1, 0.15) is 5.56 Å². The van der Waals surface area contributed by atoms with E-state index in [0.717, 1.165) is 0 Å². The minimum atomic E-state index is -4.66. The van der Waals surface area contributed by atoms with Crippen LogP contribution in [-0.4, -0.2) is 25.5 Å². The summed E-state index contributed by atoms with van der Waals surface area (Å²) in [5, 5.41) is 0. The van der Waals surface area contributed by atoms with Gasteiger partial charge in [0.2, 0.25) is 0 Å². The number of hydrogen-bond donors (Lipinski definition) is 1. The topological polar surface area (TPSA) is 89.9 Å². The van der Waals surface area contributed by atoms with Crippen molar-refractivity contribution < 1.29 is 26.7 Å². The largest absolute Gasteiger partial charge is 0.462 e. The molecular weight excluding hydrogens is 236 g/mol. The minimum absolute atomic E-state index is 0.0676. The smallest absolute Gasteiger partial charge is 0.446 e. The maximum Gasteiger partial charge on any atom is 0.446 e. The van der Waals surface area contributed by atoms with Crippen LogP contribution in [0.5, 0.6) is 5.75 Å². The number of carbonyl (C=O) groups excluding carboxylic acids is 1. The first kappa shape index (κ1) is 12.5. The zero-order chi connectivity index (χ0) is 12.2. The molecule has 0 fully saturated rings. The fraction of sp³-hybridized carbons (Fsp3) is 0.222. The first-order valence-corrected chi connectivity index (χ1v) is 5.73. The minimum Gasteiger partial charge on any atom is -0.462 e. The summed E-state index contributed by atoms with van der Waals surface area (Å²) in [6, 6.07) is 5.55. The molecule has 0 spiro atoms. The Hall–Kier alpha value is -1.60. The Morgan fingerprint density at radius 2 is 2.00 bits per heavy atom. The molecule has 0 atom stereocenters. The van der Waals surface area contributed by atoms with Crippen molar-refractivity contribution in [2.75, 3.05) is 6.61 Å². The molecule has 0 aliphatic carbocycles. The van der Waals surface area contributed by atoms with Crippen LogP contribution in [0.2, 0.25) is 0 Å². The number of esters is 1. The van der Waals surface area contributed by atoms with Gasteiger partial charge in [0.15, 0.2) is 5.75 Å². The summed E-state index contributed by atoms with van der Waals surface area (Å²) in [5.41, 5.74) is -0.0676. The molecule has 0 bridgehead atoms. The van der Waals surface area contributed by atoms with E-state index in [9.17, 15) is 13.2 Å². The monoisotopic (exact) mass is 246 g/mol. The van der Waals surface area contributed by atoms with Gasteiger partial charge in [0.05, 0.1) is 6.61 Å². The summed E-state index contributed by atoms with van der Waals surface area (Å²) < 4.78 is 38.4. The van der Waals surface area contributed by atoms with Crippen molar-refractivity contribution in [3.05, 3.63) is 29.8 Å². The van der Waals surface area contributed by atoms with Gasteiger partial charge in [-0.05, 0) is 19.1 Å². The maximum absolute atomic E-state index is 11.4. The lowest BCUT2D eigenvalue weighted by atomic mass is 10.2. The summed E-state index contributed by atoms with van der Waals surface area (Å²) in [6.45, 7) is 1.77. The molecule has 1 rings (SSSR count). The molecule has 0 radical (unpaired) electrons. The SMILES string of the molecule is CCOC(=O)c1ccccc1OS(=O)(=O)O. The first-order valence-electron chi connectivity index (χ1n) is 4.37. The quantitative estimate of drug-likeness (QED) is 0.630. The Labute approximate surface area is 92.8 Å². The molecule has 16 heavy (non-hydrogen) atoms. The Balaban J connectivity index is 3.05. The van der Waals surface area contributed by atoms with Gasteiger partial charge in [-0.2, -0.15) is 8.42 Å². The van der Waals surface area contributed by atoms with Gasteiger partial charge in [-0.1, -0.05) is 12.1 Å². The summed E-state index contributed by atoms with van der Waals surface area (Å²) >= 11 is 0. The van der Waals surface area contributed by atoms with Crippen molar-refractivity contribution in [1.82, 2.24) is 0 Å².